The quantitative estimate of drug-likeness (QED) is 0.627. The first-order valence-electron chi connectivity index (χ1n) is 7.53. The van der Waals surface area contributed by atoms with Crippen LogP contribution in [0.4, 0.5) is 10.9 Å². The molecule has 0 aliphatic carbocycles. The number of hydrogen-bond donors (Lipinski definition) is 2. The number of aromatic nitrogens is 4. The van der Waals surface area contributed by atoms with Crippen molar-refractivity contribution in [3.05, 3.63) is 53.0 Å². The van der Waals surface area contributed by atoms with E-state index >= 15 is 0 Å². The molecule has 26 heavy (non-hydrogen) atoms. The van der Waals surface area contributed by atoms with Crippen LogP contribution in [0.15, 0.2) is 47.5 Å². The van der Waals surface area contributed by atoms with Crippen LogP contribution in [0.25, 0.3) is 0 Å². The van der Waals surface area contributed by atoms with Gasteiger partial charge in [-0.15, -0.1) is 20.4 Å². The van der Waals surface area contributed by atoms with Gasteiger partial charge in [0.05, 0.1) is 5.75 Å². The van der Waals surface area contributed by atoms with Crippen molar-refractivity contribution in [1.82, 2.24) is 20.4 Å². The minimum absolute atomic E-state index is 0.170. The molecule has 0 spiro atoms. The zero-order valence-corrected chi connectivity index (χ0v) is 15.3. The smallest absolute Gasteiger partial charge is 0.256 e. The fourth-order valence-electron chi connectivity index (χ4n) is 1.88. The SMILES string of the molecule is Cc1nnc(NC(=O)CSc2ccc(NC(=O)c3ccccc3)nn2)s1. The number of carbonyl (C=O) groups is 2. The number of anilines is 2. The van der Waals surface area contributed by atoms with Crippen molar-refractivity contribution < 1.29 is 9.59 Å². The Bertz CT molecular complexity index is 899. The Morgan fingerprint density at radius 1 is 1.00 bits per heavy atom. The number of carbonyl (C=O) groups excluding carboxylic acids is 2. The van der Waals surface area contributed by atoms with Gasteiger partial charge >= 0.3 is 0 Å². The lowest BCUT2D eigenvalue weighted by Crippen LogP contribution is -2.14. The van der Waals surface area contributed by atoms with E-state index in [0.717, 1.165) is 5.01 Å². The fourth-order valence-corrected chi connectivity index (χ4v) is 3.11. The molecule has 3 aromatic rings. The molecule has 1 aromatic carbocycles. The molecule has 2 heterocycles. The van der Waals surface area contributed by atoms with Gasteiger partial charge in [-0.25, -0.2) is 0 Å². The van der Waals surface area contributed by atoms with Crippen LogP contribution in [0.5, 0.6) is 0 Å². The van der Waals surface area contributed by atoms with Crippen molar-refractivity contribution in [1.29, 1.82) is 0 Å². The molecule has 3 rings (SSSR count). The van der Waals surface area contributed by atoms with Crippen LogP contribution in [-0.2, 0) is 4.79 Å². The summed E-state index contributed by atoms with van der Waals surface area (Å²) in [5.74, 6) is 0.0571. The van der Waals surface area contributed by atoms with Gasteiger partial charge in [0.2, 0.25) is 11.0 Å². The van der Waals surface area contributed by atoms with E-state index in [1.807, 2.05) is 13.0 Å². The van der Waals surface area contributed by atoms with Gasteiger partial charge < -0.3 is 5.32 Å². The van der Waals surface area contributed by atoms with Crippen LogP contribution in [0.1, 0.15) is 15.4 Å². The van der Waals surface area contributed by atoms with E-state index in [1.54, 1.807) is 36.4 Å². The second kappa shape index (κ2) is 8.50. The summed E-state index contributed by atoms with van der Waals surface area (Å²) in [4.78, 5) is 23.9. The Balaban J connectivity index is 1.49. The van der Waals surface area contributed by atoms with Crippen molar-refractivity contribution >= 4 is 45.9 Å². The van der Waals surface area contributed by atoms with Gasteiger partial charge in [-0.2, -0.15) is 0 Å². The highest BCUT2D eigenvalue weighted by molar-refractivity contribution is 7.99. The van der Waals surface area contributed by atoms with Crippen LogP contribution < -0.4 is 10.6 Å². The second-order valence-electron chi connectivity index (χ2n) is 5.04. The van der Waals surface area contributed by atoms with Crippen LogP contribution in [-0.4, -0.2) is 38.0 Å². The largest absolute Gasteiger partial charge is 0.305 e. The molecule has 0 saturated carbocycles. The predicted molar refractivity (Wildman–Crippen MR) is 100 cm³/mol. The topological polar surface area (TPSA) is 110 Å². The summed E-state index contributed by atoms with van der Waals surface area (Å²) in [5, 5.41) is 22.8. The molecular weight excluding hydrogens is 372 g/mol. The Kier molecular flexibility index (Phi) is 5.87. The molecule has 0 bridgehead atoms. The Labute approximate surface area is 157 Å². The molecule has 0 unspecified atom stereocenters. The van der Waals surface area contributed by atoms with Crippen LogP contribution in [0, 0.1) is 6.92 Å². The lowest BCUT2D eigenvalue weighted by molar-refractivity contribution is -0.113. The van der Waals surface area contributed by atoms with E-state index in [0.29, 0.717) is 21.5 Å². The highest BCUT2D eigenvalue weighted by Crippen LogP contribution is 2.18. The van der Waals surface area contributed by atoms with Gasteiger partial charge in [0, 0.05) is 5.56 Å². The molecule has 2 amide bonds. The van der Waals surface area contributed by atoms with Crippen molar-refractivity contribution in [3.8, 4) is 0 Å². The lowest BCUT2D eigenvalue weighted by atomic mass is 10.2. The number of aryl methyl sites for hydroxylation is 1. The minimum Gasteiger partial charge on any atom is -0.305 e. The Morgan fingerprint density at radius 2 is 1.81 bits per heavy atom. The van der Waals surface area contributed by atoms with Crippen molar-refractivity contribution in [2.75, 3.05) is 16.4 Å². The van der Waals surface area contributed by atoms with Gasteiger partial charge in [0.25, 0.3) is 5.91 Å². The molecule has 10 heteroatoms. The lowest BCUT2D eigenvalue weighted by Gasteiger charge is -2.04. The number of thioether (sulfide) groups is 1. The van der Waals surface area contributed by atoms with Crippen molar-refractivity contribution in [2.45, 2.75) is 11.9 Å². The summed E-state index contributed by atoms with van der Waals surface area (Å²) in [5.41, 5.74) is 0.538. The maximum absolute atomic E-state index is 12.0. The number of nitrogens with one attached hydrogen (secondary N) is 2. The third-order valence-electron chi connectivity index (χ3n) is 3.04. The van der Waals surface area contributed by atoms with Crippen LogP contribution in [0.3, 0.4) is 0 Å². The Hall–Kier alpha value is -2.85. The first-order valence-corrected chi connectivity index (χ1v) is 9.33. The summed E-state index contributed by atoms with van der Waals surface area (Å²) in [6.45, 7) is 1.82. The molecule has 0 saturated heterocycles. The third kappa shape index (κ3) is 5.07. The first-order chi connectivity index (χ1) is 12.6. The second-order valence-corrected chi connectivity index (χ2v) is 7.22. The molecule has 0 aliphatic heterocycles. The molecule has 8 nitrogen and oxygen atoms in total. The Morgan fingerprint density at radius 3 is 2.46 bits per heavy atom. The van der Waals surface area contributed by atoms with Gasteiger partial charge in [-0.1, -0.05) is 41.3 Å². The van der Waals surface area contributed by atoms with E-state index < -0.39 is 0 Å². The van der Waals surface area contributed by atoms with E-state index in [4.69, 9.17) is 0 Å². The molecular formula is C16H14N6O2S2. The van der Waals surface area contributed by atoms with Crippen molar-refractivity contribution in [2.24, 2.45) is 0 Å². The van der Waals surface area contributed by atoms with Crippen LogP contribution >= 0.6 is 23.1 Å². The third-order valence-corrected chi connectivity index (χ3v) is 4.72. The average molecular weight is 386 g/mol. The predicted octanol–water partition coefficient (Wildman–Crippen LogP) is 2.62. The highest BCUT2D eigenvalue weighted by Gasteiger charge is 2.09. The van der Waals surface area contributed by atoms with E-state index in [2.05, 4.69) is 31.0 Å². The number of amides is 2. The maximum atomic E-state index is 12.0. The summed E-state index contributed by atoms with van der Waals surface area (Å²) < 4.78 is 0. The van der Waals surface area contributed by atoms with Crippen molar-refractivity contribution in [3.63, 3.8) is 0 Å². The monoisotopic (exact) mass is 386 g/mol. The van der Waals surface area contributed by atoms with Crippen LogP contribution in [0.2, 0.25) is 0 Å². The number of rotatable bonds is 6. The summed E-state index contributed by atoms with van der Waals surface area (Å²) in [6.07, 6.45) is 0. The summed E-state index contributed by atoms with van der Waals surface area (Å²) in [7, 11) is 0. The highest BCUT2D eigenvalue weighted by atomic mass is 32.2. The molecule has 0 fully saturated rings. The standard InChI is InChI=1S/C16H14N6O2S2/c1-10-19-22-16(26-10)18-13(23)9-25-14-8-7-12(20-21-14)17-15(24)11-5-3-2-4-6-11/h2-8H,9H2,1H3,(H,17,20,24)(H,18,22,23). The summed E-state index contributed by atoms with van der Waals surface area (Å²) in [6, 6.07) is 12.2. The fraction of sp³-hybridized carbons (Fsp3) is 0.125. The maximum Gasteiger partial charge on any atom is 0.256 e. The average Bonchev–Trinajstić information content (AvgIpc) is 3.06. The zero-order valence-electron chi connectivity index (χ0n) is 13.7. The molecule has 2 N–H and O–H groups in total. The van der Waals surface area contributed by atoms with E-state index in [9.17, 15) is 9.59 Å². The number of nitrogens with zero attached hydrogens (tertiary/aromatic N) is 4. The summed E-state index contributed by atoms with van der Waals surface area (Å²) >= 11 is 2.55. The molecule has 0 radical (unpaired) electrons. The minimum atomic E-state index is -0.257. The zero-order chi connectivity index (χ0) is 18.4. The number of hydrogen-bond acceptors (Lipinski definition) is 8. The molecule has 0 aliphatic rings. The van der Waals surface area contributed by atoms with E-state index in [1.165, 1.54) is 23.1 Å². The van der Waals surface area contributed by atoms with Gasteiger partial charge in [0.15, 0.2) is 5.82 Å². The van der Waals surface area contributed by atoms with E-state index in [-0.39, 0.29) is 17.6 Å². The van der Waals surface area contributed by atoms with Gasteiger partial charge in [-0.3, -0.25) is 14.9 Å². The molecule has 2 aromatic heterocycles. The number of benzene rings is 1. The molecule has 132 valence electrons. The first kappa shape index (κ1) is 18.0. The van der Waals surface area contributed by atoms with Gasteiger partial charge in [0.1, 0.15) is 10.0 Å². The normalized spacial score (nSPS) is 10.3. The van der Waals surface area contributed by atoms with Gasteiger partial charge in [-0.05, 0) is 31.2 Å². The molecule has 0 atom stereocenters.